The van der Waals surface area contributed by atoms with Crippen LogP contribution in [0.3, 0.4) is 0 Å². The van der Waals surface area contributed by atoms with Gasteiger partial charge in [0.1, 0.15) is 0 Å². The number of rotatable bonds is 11. The predicted octanol–water partition coefficient (Wildman–Crippen LogP) is 3.84. The van der Waals surface area contributed by atoms with E-state index in [1.165, 1.54) is 43.1 Å². The Bertz CT molecular complexity index is 848. The molecule has 0 aliphatic rings. The second-order valence-electron chi connectivity index (χ2n) is 6.53. The topological polar surface area (TPSA) is 72.7 Å². The number of aromatic amines is 1. The van der Waals surface area contributed by atoms with Crippen molar-refractivity contribution in [3.8, 4) is 0 Å². The highest BCUT2D eigenvalue weighted by Gasteiger charge is 2.16. The average Bonchev–Trinajstić information content (AvgIpc) is 2.99. The van der Waals surface area contributed by atoms with Gasteiger partial charge in [0.15, 0.2) is 16.3 Å². The third-order valence-electron chi connectivity index (χ3n) is 4.47. The minimum absolute atomic E-state index is 0.372. The van der Waals surface area contributed by atoms with Crippen molar-refractivity contribution in [2.45, 2.75) is 70.5 Å². The van der Waals surface area contributed by atoms with Crippen LogP contribution in [0.1, 0.15) is 58.8 Å². The monoisotopic (exact) mass is 378 g/mol. The number of nitrogens with one attached hydrogen (secondary N) is 1. The average molecular weight is 379 g/mol. The molecule has 2 aromatic rings. The second kappa shape index (κ2) is 10.4. The molecule has 0 unspecified atom stereocenters. The summed E-state index contributed by atoms with van der Waals surface area (Å²) in [6.45, 7) is 4.76. The third kappa shape index (κ3) is 5.13. The Kier molecular flexibility index (Phi) is 8.22. The zero-order chi connectivity index (χ0) is 18.9. The van der Waals surface area contributed by atoms with Crippen LogP contribution in [0, 0.1) is 0 Å². The van der Waals surface area contributed by atoms with Crippen LogP contribution in [-0.4, -0.2) is 24.9 Å². The molecular weight excluding hydrogens is 348 g/mol. The van der Waals surface area contributed by atoms with Crippen molar-refractivity contribution in [1.82, 2.24) is 19.1 Å². The molecule has 0 atom stereocenters. The maximum Gasteiger partial charge on any atom is 0.329 e. The molecule has 0 saturated carbocycles. The number of hydrogen-bond donors (Lipinski definition) is 1. The molecule has 144 valence electrons. The summed E-state index contributed by atoms with van der Waals surface area (Å²) in [6, 6.07) is 0. The summed E-state index contributed by atoms with van der Waals surface area (Å²) in [5, 5.41) is 0.802. The van der Waals surface area contributed by atoms with Crippen molar-refractivity contribution in [2.75, 3.05) is 5.75 Å². The zero-order valence-corrected chi connectivity index (χ0v) is 16.9. The van der Waals surface area contributed by atoms with Crippen LogP contribution < -0.4 is 11.2 Å². The largest absolute Gasteiger partial charge is 0.329 e. The van der Waals surface area contributed by atoms with Gasteiger partial charge in [-0.15, -0.1) is 0 Å². The molecule has 2 aromatic heterocycles. The van der Waals surface area contributed by atoms with Gasteiger partial charge >= 0.3 is 5.69 Å². The Morgan fingerprint density at radius 2 is 1.81 bits per heavy atom. The van der Waals surface area contributed by atoms with E-state index >= 15 is 0 Å². The Morgan fingerprint density at radius 1 is 1.12 bits per heavy atom. The van der Waals surface area contributed by atoms with Gasteiger partial charge in [0.25, 0.3) is 5.56 Å². The maximum atomic E-state index is 12.3. The molecule has 2 heterocycles. The Hall–Kier alpha value is -1.76. The molecule has 6 nitrogen and oxygen atoms in total. The highest BCUT2D eigenvalue weighted by atomic mass is 32.2. The number of aryl methyl sites for hydroxylation is 1. The molecule has 1 N–H and O–H groups in total. The molecule has 2 rings (SSSR count). The second-order valence-corrected chi connectivity index (χ2v) is 7.60. The Balaban J connectivity index is 2.09. The van der Waals surface area contributed by atoms with Gasteiger partial charge in [0, 0.05) is 19.3 Å². The molecule has 0 amide bonds. The van der Waals surface area contributed by atoms with Gasteiger partial charge in [-0.1, -0.05) is 69.4 Å². The number of unbranched alkanes of at least 4 members (excludes halogenated alkanes) is 6. The molecule has 26 heavy (non-hydrogen) atoms. The first-order valence-corrected chi connectivity index (χ1v) is 10.5. The normalized spacial score (nSPS) is 11.8. The number of H-pyrrole nitrogens is 1. The zero-order valence-electron chi connectivity index (χ0n) is 16.1. The van der Waals surface area contributed by atoms with E-state index in [1.807, 2.05) is 23.6 Å². The van der Waals surface area contributed by atoms with E-state index in [1.54, 1.807) is 18.8 Å². The number of allylic oxidation sites excluding steroid dienone is 2. The van der Waals surface area contributed by atoms with E-state index in [-0.39, 0.29) is 5.56 Å². The molecule has 0 aliphatic carbocycles. The molecule has 0 aliphatic heterocycles. The van der Waals surface area contributed by atoms with Gasteiger partial charge in [0.2, 0.25) is 0 Å². The van der Waals surface area contributed by atoms with Crippen molar-refractivity contribution in [2.24, 2.45) is 7.05 Å². The fourth-order valence-electron chi connectivity index (χ4n) is 2.93. The van der Waals surface area contributed by atoms with E-state index in [0.29, 0.717) is 17.7 Å². The number of fused-ring (bicyclic) bond motifs is 1. The first-order valence-electron chi connectivity index (χ1n) is 9.53. The lowest BCUT2D eigenvalue weighted by Gasteiger charge is -2.06. The van der Waals surface area contributed by atoms with Crippen LogP contribution in [0.2, 0.25) is 0 Å². The van der Waals surface area contributed by atoms with Gasteiger partial charge in [-0.05, 0) is 13.3 Å². The summed E-state index contributed by atoms with van der Waals surface area (Å²) in [7, 11) is 1.64. The summed E-state index contributed by atoms with van der Waals surface area (Å²) in [5.41, 5.74) is 0.113. The number of aromatic nitrogens is 4. The SMILES string of the molecule is C/C=C/Cn1c(SCCCCCCCCC)nc2c1c(=O)[nH]c(=O)n2C. The molecule has 7 heteroatoms. The predicted molar refractivity (Wildman–Crippen MR) is 109 cm³/mol. The third-order valence-corrected chi connectivity index (χ3v) is 5.54. The first-order chi connectivity index (χ1) is 12.6. The number of imidazole rings is 1. The Labute approximate surface area is 158 Å². The first kappa shape index (κ1) is 20.6. The van der Waals surface area contributed by atoms with Crippen molar-refractivity contribution in [3.05, 3.63) is 33.0 Å². The van der Waals surface area contributed by atoms with Gasteiger partial charge in [-0.3, -0.25) is 14.3 Å². The van der Waals surface area contributed by atoms with E-state index in [4.69, 9.17) is 0 Å². The minimum Gasteiger partial charge on any atom is -0.309 e. The van der Waals surface area contributed by atoms with Crippen molar-refractivity contribution in [1.29, 1.82) is 0 Å². The number of hydrogen-bond acceptors (Lipinski definition) is 4. The molecular formula is C19H30N4O2S. The molecule has 0 spiro atoms. The van der Waals surface area contributed by atoms with E-state index in [2.05, 4.69) is 16.9 Å². The summed E-state index contributed by atoms with van der Waals surface area (Å²) in [5.74, 6) is 0.971. The van der Waals surface area contributed by atoms with Gasteiger partial charge in [-0.2, -0.15) is 0 Å². The number of thioether (sulfide) groups is 1. The fourth-order valence-corrected chi connectivity index (χ4v) is 3.93. The smallest absolute Gasteiger partial charge is 0.309 e. The Morgan fingerprint density at radius 3 is 2.50 bits per heavy atom. The van der Waals surface area contributed by atoms with Gasteiger partial charge in [-0.25, -0.2) is 9.78 Å². The quantitative estimate of drug-likeness (QED) is 0.366. The fraction of sp³-hybridized carbons (Fsp3) is 0.632. The van der Waals surface area contributed by atoms with Crippen LogP contribution in [-0.2, 0) is 13.6 Å². The van der Waals surface area contributed by atoms with Crippen LogP contribution in [0.25, 0.3) is 11.2 Å². The van der Waals surface area contributed by atoms with Crippen molar-refractivity contribution < 1.29 is 0 Å². The molecule has 0 aromatic carbocycles. The highest BCUT2D eigenvalue weighted by Crippen LogP contribution is 2.23. The highest BCUT2D eigenvalue weighted by molar-refractivity contribution is 7.99. The lowest BCUT2D eigenvalue weighted by molar-refractivity contribution is 0.603. The van der Waals surface area contributed by atoms with Gasteiger partial charge in [0.05, 0.1) is 0 Å². The van der Waals surface area contributed by atoms with Crippen molar-refractivity contribution >= 4 is 22.9 Å². The van der Waals surface area contributed by atoms with Crippen LogP contribution in [0.4, 0.5) is 0 Å². The number of nitrogens with zero attached hydrogens (tertiary/aromatic N) is 3. The summed E-state index contributed by atoms with van der Waals surface area (Å²) in [6.07, 6.45) is 12.8. The minimum atomic E-state index is -0.429. The lowest BCUT2D eigenvalue weighted by Crippen LogP contribution is -2.29. The molecule has 0 fully saturated rings. The summed E-state index contributed by atoms with van der Waals surface area (Å²) in [4.78, 5) is 31.1. The maximum absolute atomic E-state index is 12.3. The molecule has 0 bridgehead atoms. The van der Waals surface area contributed by atoms with E-state index in [0.717, 1.165) is 17.3 Å². The lowest BCUT2D eigenvalue weighted by atomic mass is 10.1. The van der Waals surface area contributed by atoms with Crippen molar-refractivity contribution in [3.63, 3.8) is 0 Å². The summed E-state index contributed by atoms with van der Waals surface area (Å²) >= 11 is 1.66. The molecule has 0 radical (unpaired) electrons. The summed E-state index contributed by atoms with van der Waals surface area (Å²) < 4.78 is 3.31. The van der Waals surface area contributed by atoms with Crippen LogP contribution in [0.5, 0.6) is 0 Å². The molecule has 0 saturated heterocycles. The standard InChI is InChI=1S/C19H30N4O2S/c1-4-6-8-9-10-11-12-14-26-19-20-16-15(23(19)13-7-5-2)17(24)21-18(25)22(16)3/h5,7H,4,6,8-14H2,1-3H3,(H,21,24,25)/b7-5+. The van der Waals surface area contributed by atoms with E-state index < -0.39 is 5.69 Å². The van der Waals surface area contributed by atoms with Crippen LogP contribution in [0.15, 0.2) is 26.9 Å². The van der Waals surface area contributed by atoms with Crippen LogP contribution >= 0.6 is 11.8 Å². The van der Waals surface area contributed by atoms with E-state index in [9.17, 15) is 9.59 Å². The van der Waals surface area contributed by atoms with Gasteiger partial charge < -0.3 is 4.57 Å².